The number of amides is 1. The number of carbonyl (C=O) groups excluding carboxylic acids is 1. The van der Waals surface area contributed by atoms with E-state index >= 15 is 0 Å². The van der Waals surface area contributed by atoms with Crippen LogP contribution in [-0.4, -0.2) is 28.8 Å². The second-order valence-electron chi connectivity index (χ2n) is 5.53. The molecule has 0 atom stereocenters. The summed E-state index contributed by atoms with van der Waals surface area (Å²) in [5, 5.41) is 3.96. The van der Waals surface area contributed by atoms with Gasteiger partial charge in [0.15, 0.2) is 0 Å². The zero-order valence-electron chi connectivity index (χ0n) is 13.5. The maximum atomic E-state index is 12.5. The predicted molar refractivity (Wildman–Crippen MR) is 90.4 cm³/mol. The molecular formula is C18H21N3O2. The maximum Gasteiger partial charge on any atom is 0.252 e. The van der Waals surface area contributed by atoms with Crippen molar-refractivity contribution in [2.24, 2.45) is 7.05 Å². The summed E-state index contributed by atoms with van der Waals surface area (Å²) in [6.45, 7) is 1.94. The molecule has 0 aliphatic carbocycles. The maximum absolute atomic E-state index is 12.5. The minimum absolute atomic E-state index is 0.0544. The van der Waals surface area contributed by atoms with E-state index in [0.29, 0.717) is 18.7 Å². The fourth-order valence-corrected chi connectivity index (χ4v) is 2.75. The van der Waals surface area contributed by atoms with Gasteiger partial charge in [-0.3, -0.25) is 4.79 Å². The molecule has 0 saturated heterocycles. The lowest BCUT2D eigenvalue weighted by molar-refractivity contribution is 0.0952. The van der Waals surface area contributed by atoms with E-state index in [9.17, 15) is 4.79 Å². The quantitative estimate of drug-likeness (QED) is 0.760. The first-order valence-electron chi connectivity index (χ1n) is 7.66. The highest BCUT2D eigenvalue weighted by atomic mass is 16.5. The Morgan fingerprint density at radius 3 is 2.78 bits per heavy atom. The van der Waals surface area contributed by atoms with Crippen LogP contribution in [0.25, 0.3) is 10.9 Å². The number of fused-ring (bicyclic) bond motifs is 1. The van der Waals surface area contributed by atoms with E-state index < -0.39 is 0 Å². The van der Waals surface area contributed by atoms with Gasteiger partial charge < -0.3 is 19.2 Å². The van der Waals surface area contributed by atoms with Crippen molar-refractivity contribution in [1.82, 2.24) is 14.5 Å². The molecule has 0 bridgehead atoms. The average molecular weight is 311 g/mol. The number of methoxy groups -OCH3 is 1. The summed E-state index contributed by atoms with van der Waals surface area (Å²) in [6.07, 6.45) is 3.97. The zero-order chi connectivity index (χ0) is 16.2. The smallest absolute Gasteiger partial charge is 0.252 e. The van der Waals surface area contributed by atoms with Crippen LogP contribution in [0.5, 0.6) is 0 Å². The molecule has 0 radical (unpaired) electrons. The number of rotatable bonds is 6. The summed E-state index contributed by atoms with van der Waals surface area (Å²) in [5.41, 5.74) is 2.82. The van der Waals surface area contributed by atoms with Crippen LogP contribution >= 0.6 is 0 Å². The van der Waals surface area contributed by atoms with Crippen LogP contribution in [0.15, 0.2) is 48.8 Å². The normalized spacial score (nSPS) is 11.0. The molecule has 1 N–H and O–H groups in total. The lowest BCUT2D eigenvalue weighted by Gasteiger charge is -2.09. The first-order chi connectivity index (χ1) is 11.2. The number of hydrogen-bond acceptors (Lipinski definition) is 2. The minimum atomic E-state index is -0.0544. The van der Waals surface area contributed by atoms with Gasteiger partial charge in [0.1, 0.15) is 0 Å². The molecule has 2 heterocycles. The van der Waals surface area contributed by atoms with Crippen molar-refractivity contribution < 1.29 is 9.53 Å². The molecule has 0 saturated carbocycles. The van der Waals surface area contributed by atoms with Gasteiger partial charge in [0.25, 0.3) is 5.91 Å². The number of carbonyl (C=O) groups is 1. The van der Waals surface area contributed by atoms with Crippen LogP contribution in [0.4, 0.5) is 0 Å². The summed E-state index contributed by atoms with van der Waals surface area (Å²) in [5.74, 6) is -0.0544. The Balaban J connectivity index is 1.80. The molecule has 5 heteroatoms. The summed E-state index contributed by atoms with van der Waals surface area (Å²) in [4.78, 5) is 12.5. The van der Waals surface area contributed by atoms with Gasteiger partial charge in [-0.2, -0.15) is 0 Å². The van der Waals surface area contributed by atoms with E-state index in [0.717, 1.165) is 23.1 Å². The molecule has 3 rings (SSSR count). The van der Waals surface area contributed by atoms with E-state index in [4.69, 9.17) is 4.74 Å². The van der Waals surface area contributed by atoms with Crippen LogP contribution in [0.1, 0.15) is 16.1 Å². The highest BCUT2D eigenvalue weighted by Crippen LogP contribution is 2.20. The average Bonchev–Trinajstić information content (AvgIpc) is 3.16. The number of nitrogens with one attached hydrogen (secondary N) is 1. The van der Waals surface area contributed by atoms with Crippen LogP contribution in [0.2, 0.25) is 0 Å². The van der Waals surface area contributed by atoms with E-state index in [1.165, 1.54) is 0 Å². The zero-order valence-corrected chi connectivity index (χ0v) is 13.5. The third-order valence-corrected chi connectivity index (χ3v) is 4.08. The van der Waals surface area contributed by atoms with Gasteiger partial charge in [0.05, 0.1) is 13.2 Å². The first kappa shape index (κ1) is 15.4. The van der Waals surface area contributed by atoms with Crippen molar-refractivity contribution in [2.75, 3.05) is 13.7 Å². The Bertz CT molecular complexity index is 817. The van der Waals surface area contributed by atoms with E-state index in [-0.39, 0.29) is 5.91 Å². The molecule has 0 spiro atoms. The van der Waals surface area contributed by atoms with Gasteiger partial charge in [0.2, 0.25) is 0 Å². The van der Waals surface area contributed by atoms with Crippen LogP contribution in [0, 0.1) is 0 Å². The van der Waals surface area contributed by atoms with Crippen LogP contribution < -0.4 is 5.32 Å². The van der Waals surface area contributed by atoms with Crippen molar-refractivity contribution in [2.45, 2.75) is 13.1 Å². The monoisotopic (exact) mass is 311 g/mol. The number of aryl methyl sites for hydroxylation is 1. The molecule has 120 valence electrons. The molecule has 0 aliphatic rings. The molecule has 3 aromatic rings. The standard InChI is InChI=1S/C18H21N3O2/c1-20-9-4-5-14(20)13-19-18(22)16-6-3-7-17-15(16)8-10-21(17)11-12-23-2/h3-10H,11-13H2,1-2H3,(H,19,22). The van der Waals surface area contributed by atoms with Crippen molar-refractivity contribution in [3.05, 3.63) is 60.0 Å². The summed E-state index contributed by atoms with van der Waals surface area (Å²) < 4.78 is 9.24. The number of nitrogens with zero attached hydrogens (tertiary/aromatic N) is 2. The lowest BCUT2D eigenvalue weighted by Crippen LogP contribution is -2.24. The van der Waals surface area contributed by atoms with Gasteiger partial charge in [-0.05, 0) is 30.3 Å². The van der Waals surface area contributed by atoms with Crippen LogP contribution in [0.3, 0.4) is 0 Å². The van der Waals surface area contributed by atoms with Gasteiger partial charge in [-0.1, -0.05) is 6.07 Å². The highest BCUT2D eigenvalue weighted by molar-refractivity contribution is 6.06. The fraction of sp³-hybridized carbons (Fsp3) is 0.278. The van der Waals surface area contributed by atoms with Gasteiger partial charge in [0, 0.05) is 55.3 Å². The molecule has 5 nitrogen and oxygen atoms in total. The number of hydrogen-bond donors (Lipinski definition) is 1. The molecule has 0 aliphatic heterocycles. The minimum Gasteiger partial charge on any atom is -0.383 e. The van der Waals surface area contributed by atoms with E-state index in [2.05, 4.69) is 9.88 Å². The fourth-order valence-electron chi connectivity index (χ4n) is 2.75. The second kappa shape index (κ2) is 6.71. The Labute approximate surface area is 135 Å². The van der Waals surface area contributed by atoms with Crippen molar-refractivity contribution in [3.63, 3.8) is 0 Å². The number of ether oxygens (including phenoxy) is 1. The molecule has 0 fully saturated rings. The largest absolute Gasteiger partial charge is 0.383 e. The predicted octanol–water partition coefficient (Wildman–Crippen LogP) is 2.56. The van der Waals surface area contributed by atoms with E-state index in [1.54, 1.807) is 7.11 Å². The van der Waals surface area contributed by atoms with Gasteiger partial charge in [-0.25, -0.2) is 0 Å². The second-order valence-corrected chi connectivity index (χ2v) is 5.53. The molecule has 2 aromatic heterocycles. The summed E-state index contributed by atoms with van der Waals surface area (Å²) in [6, 6.07) is 11.8. The number of aromatic nitrogens is 2. The highest BCUT2D eigenvalue weighted by Gasteiger charge is 2.12. The van der Waals surface area contributed by atoms with Gasteiger partial charge in [-0.15, -0.1) is 0 Å². The Hall–Kier alpha value is -2.53. The summed E-state index contributed by atoms with van der Waals surface area (Å²) in [7, 11) is 3.66. The van der Waals surface area contributed by atoms with Crippen molar-refractivity contribution in [3.8, 4) is 0 Å². The summed E-state index contributed by atoms with van der Waals surface area (Å²) >= 11 is 0. The molecule has 0 unspecified atom stereocenters. The number of benzene rings is 1. The molecular weight excluding hydrogens is 290 g/mol. The third-order valence-electron chi connectivity index (χ3n) is 4.08. The van der Waals surface area contributed by atoms with Crippen LogP contribution in [-0.2, 0) is 24.9 Å². The topological polar surface area (TPSA) is 48.2 Å². The SMILES string of the molecule is COCCn1ccc2c(C(=O)NCc3cccn3C)cccc21. The van der Waals surface area contributed by atoms with Crippen molar-refractivity contribution in [1.29, 1.82) is 0 Å². The molecule has 23 heavy (non-hydrogen) atoms. The Morgan fingerprint density at radius 1 is 1.17 bits per heavy atom. The van der Waals surface area contributed by atoms with Crippen molar-refractivity contribution >= 4 is 16.8 Å². The first-order valence-corrected chi connectivity index (χ1v) is 7.66. The Morgan fingerprint density at radius 2 is 2.04 bits per heavy atom. The molecule has 1 amide bonds. The third kappa shape index (κ3) is 3.14. The molecule has 1 aromatic carbocycles. The Kier molecular flexibility index (Phi) is 4.48. The van der Waals surface area contributed by atoms with E-state index in [1.807, 2.05) is 60.4 Å². The van der Waals surface area contributed by atoms with Gasteiger partial charge >= 0.3 is 0 Å². The lowest BCUT2D eigenvalue weighted by atomic mass is 10.1.